The molecule has 2 aromatic heterocycles. The molecule has 4 rings (SSSR count). The third-order valence-corrected chi connectivity index (χ3v) is 7.01. The molecule has 35 heavy (non-hydrogen) atoms. The maximum absolute atomic E-state index is 13.0. The molecule has 0 N–H and O–H groups in total. The number of aromatic nitrogens is 2. The van der Waals surface area contributed by atoms with Crippen molar-refractivity contribution in [3.63, 3.8) is 0 Å². The van der Waals surface area contributed by atoms with Crippen molar-refractivity contribution in [2.24, 2.45) is 0 Å². The largest absolute Gasteiger partial charge is 0.451 e. The summed E-state index contributed by atoms with van der Waals surface area (Å²) < 4.78 is 7.38. The van der Waals surface area contributed by atoms with Crippen molar-refractivity contribution in [1.82, 2.24) is 14.7 Å². The van der Waals surface area contributed by atoms with E-state index in [0.29, 0.717) is 18.0 Å². The van der Waals surface area contributed by atoms with Crippen LogP contribution in [0.1, 0.15) is 52.8 Å². The molecule has 7 heteroatoms. The lowest BCUT2D eigenvalue weighted by Gasteiger charge is -2.35. The van der Waals surface area contributed by atoms with Gasteiger partial charge in [0, 0.05) is 17.5 Å². The molecule has 0 unspecified atom stereocenters. The number of carbonyl (C=O) groups excluding carboxylic acids is 2. The fourth-order valence-corrected chi connectivity index (χ4v) is 4.98. The molecule has 0 radical (unpaired) electrons. The van der Waals surface area contributed by atoms with Crippen LogP contribution in [0.5, 0.6) is 0 Å². The Bertz CT molecular complexity index is 1330. The molecule has 0 bridgehead atoms. The second-order valence-electron chi connectivity index (χ2n) is 9.77. The number of nitrogens with zero attached hydrogens (tertiary/aromatic N) is 3. The van der Waals surface area contributed by atoms with Crippen LogP contribution in [0.2, 0.25) is 0 Å². The van der Waals surface area contributed by atoms with E-state index in [0.717, 1.165) is 27.0 Å². The molecule has 2 aromatic carbocycles. The number of amides is 1. The topological polar surface area (TPSA) is 64.4 Å². The van der Waals surface area contributed by atoms with Crippen molar-refractivity contribution in [3.8, 4) is 0 Å². The third-order valence-electron chi connectivity index (χ3n) is 5.88. The van der Waals surface area contributed by atoms with E-state index in [1.807, 2.05) is 68.8 Å². The summed E-state index contributed by atoms with van der Waals surface area (Å²) in [4.78, 5) is 29.0. The van der Waals surface area contributed by atoms with E-state index in [9.17, 15) is 9.59 Å². The molecule has 0 fully saturated rings. The Hall–Kier alpha value is -3.45. The zero-order valence-electron chi connectivity index (χ0n) is 20.9. The summed E-state index contributed by atoms with van der Waals surface area (Å²) in [6.07, 6.45) is 0. The minimum absolute atomic E-state index is 0.224. The van der Waals surface area contributed by atoms with Crippen LogP contribution >= 0.6 is 11.3 Å². The molecule has 2 heterocycles. The first-order valence-electron chi connectivity index (χ1n) is 11.7. The van der Waals surface area contributed by atoms with Gasteiger partial charge in [-0.2, -0.15) is 5.10 Å². The molecule has 0 saturated heterocycles. The standard InChI is InChI=1S/C28H31N3O3S/c1-19-11-13-22(14-12-19)17-31-26-23(20(2)29-31)15-24(35-26)27(33)34-18-25(32)30(28(3,4)5)16-21-9-7-6-8-10-21/h6-15H,16-18H2,1-5H3. The maximum atomic E-state index is 13.0. The van der Waals surface area contributed by atoms with Crippen molar-refractivity contribution in [2.45, 2.75) is 53.2 Å². The normalized spacial score (nSPS) is 11.6. The lowest BCUT2D eigenvalue weighted by atomic mass is 10.0. The third kappa shape index (κ3) is 5.80. The van der Waals surface area contributed by atoms with Gasteiger partial charge in [0.15, 0.2) is 6.61 Å². The Morgan fingerprint density at radius 2 is 1.69 bits per heavy atom. The van der Waals surface area contributed by atoms with Crippen LogP contribution in [0.15, 0.2) is 60.7 Å². The average molecular weight is 490 g/mol. The molecule has 0 aliphatic carbocycles. The minimum Gasteiger partial charge on any atom is -0.451 e. The molecule has 0 spiro atoms. The monoisotopic (exact) mass is 489 g/mol. The second-order valence-corrected chi connectivity index (χ2v) is 10.8. The molecule has 0 aliphatic rings. The van der Waals surface area contributed by atoms with Crippen LogP contribution in [0.4, 0.5) is 0 Å². The van der Waals surface area contributed by atoms with E-state index in [1.165, 1.54) is 16.9 Å². The fourth-order valence-electron chi connectivity index (χ4n) is 3.93. The Kier molecular flexibility index (Phi) is 7.08. The number of rotatable bonds is 7. The van der Waals surface area contributed by atoms with Gasteiger partial charge in [0.05, 0.1) is 12.2 Å². The highest BCUT2D eigenvalue weighted by molar-refractivity contribution is 7.20. The zero-order chi connectivity index (χ0) is 25.2. The first-order valence-corrected chi connectivity index (χ1v) is 12.5. The van der Waals surface area contributed by atoms with Crippen molar-refractivity contribution in [2.75, 3.05) is 6.61 Å². The van der Waals surface area contributed by atoms with Gasteiger partial charge < -0.3 is 9.64 Å². The molecule has 182 valence electrons. The lowest BCUT2D eigenvalue weighted by molar-refractivity contribution is -0.140. The molecular formula is C28H31N3O3S. The van der Waals surface area contributed by atoms with Gasteiger partial charge in [-0.3, -0.25) is 9.48 Å². The average Bonchev–Trinajstić information content (AvgIpc) is 3.38. The van der Waals surface area contributed by atoms with E-state index in [-0.39, 0.29) is 12.5 Å². The number of hydrogen-bond donors (Lipinski definition) is 0. The highest BCUT2D eigenvalue weighted by atomic mass is 32.1. The van der Waals surface area contributed by atoms with Crippen LogP contribution in [0.25, 0.3) is 10.2 Å². The lowest BCUT2D eigenvalue weighted by Crippen LogP contribution is -2.46. The molecule has 0 atom stereocenters. The van der Waals surface area contributed by atoms with Crippen molar-refractivity contribution < 1.29 is 14.3 Å². The van der Waals surface area contributed by atoms with Crippen LogP contribution in [0.3, 0.4) is 0 Å². The number of hydrogen-bond acceptors (Lipinski definition) is 5. The Balaban J connectivity index is 1.46. The Labute approximate surface area is 210 Å². The van der Waals surface area contributed by atoms with Crippen LogP contribution in [0, 0.1) is 13.8 Å². The van der Waals surface area contributed by atoms with Gasteiger partial charge in [-0.05, 0) is 51.8 Å². The van der Waals surface area contributed by atoms with Crippen LogP contribution in [-0.4, -0.2) is 38.7 Å². The number of benzene rings is 2. The van der Waals surface area contributed by atoms with Gasteiger partial charge in [-0.1, -0.05) is 60.2 Å². The van der Waals surface area contributed by atoms with Gasteiger partial charge in [0.1, 0.15) is 9.71 Å². The minimum atomic E-state index is -0.491. The van der Waals surface area contributed by atoms with Gasteiger partial charge in [0.2, 0.25) is 0 Å². The number of ether oxygens (including phenoxy) is 1. The summed E-state index contributed by atoms with van der Waals surface area (Å²) in [5, 5.41) is 5.58. The SMILES string of the molecule is Cc1ccc(Cn2nc(C)c3cc(C(=O)OCC(=O)N(Cc4ccccc4)C(C)(C)C)sc32)cc1. The number of esters is 1. The quantitative estimate of drug-likeness (QED) is 0.310. The zero-order valence-corrected chi connectivity index (χ0v) is 21.7. The van der Waals surface area contributed by atoms with Gasteiger partial charge in [-0.25, -0.2) is 4.79 Å². The Morgan fingerprint density at radius 3 is 2.34 bits per heavy atom. The summed E-state index contributed by atoms with van der Waals surface area (Å²) in [5.74, 6) is -0.716. The molecule has 1 amide bonds. The number of fused-ring (bicyclic) bond motifs is 1. The summed E-state index contributed by atoms with van der Waals surface area (Å²) in [5.41, 5.74) is 3.83. The van der Waals surface area contributed by atoms with Gasteiger partial charge in [-0.15, -0.1) is 11.3 Å². The van der Waals surface area contributed by atoms with E-state index in [1.54, 1.807) is 4.90 Å². The van der Waals surface area contributed by atoms with Crippen molar-refractivity contribution >= 4 is 33.4 Å². The van der Waals surface area contributed by atoms with E-state index in [2.05, 4.69) is 36.3 Å². The molecule has 6 nitrogen and oxygen atoms in total. The fraction of sp³-hybridized carbons (Fsp3) is 0.321. The number of carbonyl (C=O) groups is 2. The summed E-state index contributed by atoms with van der Waals surface area (Å²) >= 11 is 1.34. The summed E-state index contributed by atoms with van der Waals surface area (Å²) in [6, 6.07) is 20.0. The highest BCUT2D eigenvalue weighted by Gasteiger charge is 2.28. The first-order chi connectivity index (χ1) is 16.6. The van der Waals surface area contributed by atoms with E-state index < -0.39 is 11.5 Å². The predicted octanol–water partition coefficient (Wildman–Crippen LogP) is 5.75. The molecule has 0 aliphatic heterocycles. The van der Waals surface area contributed by atoms with Crippen molar-refractivity contribution in [1.29, 1.82) is 0 Å². The summed E-state index contributed by atoms with van der Waals surface area (Å²) in [6.45, 7) is 10.7. The Morgan fingerprint density at radius 1 is 1.00 bits per heavy atom. The predicted molar refractivity (Wildman–Crippen MR) is 140 cm³/mol. The van der Waals surface area contributed by atoms with Gasteiger partial charge >= 0.3 is 5.97 Å². The maximum Gasteiger partial charge on any atom is 0.348 e. The molecule has 0 saturated carbocycles. The van der Waals surface area contributed by atoms with Gasteiger partial charge in [0.25, 0.3) is 5.91 Å². The number of thiophene rings is 1. The smallest absolute Gasteiger partial charge is 0.348 e. The molecule has 4 aromatic rings. The van der Waals surface area contributed by atoms with Crippen LogP contribution < -0.4 is 0 Å². The summed E-state index contributed by atoms with van der Waals surface area (Å²) in [7, 11) is 0. The van der Waals surface area contributed by atoms with E-state index in [4.69, 9.17) is 4.74 Å². The van der Waals surface area contributed by atoms with Crippen LogP contribution in [-0.2, 0) is 22.6 Å². The number of aryl methyl sites for hydroxylation is 2. The van der Waals surface area contributed by atoms with Crippen molar-refractivity contribution in [3.05, 3.63) is 87.9 Å². The second kappa shape index (κ2) is 10.0. The first kappa shape index (κ1) is 24.7. The van der Waals surface area contributed by atoms with E-state index >= 15 is 0 Å². The highest BCUT2D eigenvalue weighted by Crippen LogP contribution is 2.29. The molecular weight excluding hydrogens is 458 g/mol.